The Morgan fingerprint density at radius 2 is 2.31 bits per heavy atom. The normalized spacial score (nSPS) is 15.4. The Kier molecular flexibility index (Phi) is 2.95. The number of nitrogens with zero attached hydrogens (tertiary/aromatic N) is 1. The van der Waals surface area contributed by atoms with Gasteiger partial charge in [-0.2, -0.15) is 0 Å². The summed E-state index contributed by atoms with van der Waals surface area (Å²) in [5.74, 6) is -0.375. The summed E-state index contributed by atoms with van der Waals surface area (Å²) in [6.45, 7) is 1.72. The number of hydrogen-bond acceptors (Lipinski definition) is 3. The van der Waals surface area contributed by atoms with Crippen molar-refractivity contribution in [1.29, 1.82) is 0 Å². The lowest BCUT2D eigenvalue weighted by Gasteiger charge is -2.25. The summed E-state index contributed by atoms with van der Waals surface area (Å²) in [5, 5.41) is 12.0. The smallest absolute Gasteiger partial charge is 0.141 e. The molecule has 2 N–H and O–H groups in total. The maximum atomic E-state index is 12.5. The average molecular weight is 184 g/mol. The number of aliphatic hydroxyl groups is 1. The van der Waals surface area contributed by atoms with Crippen molar-refractivity contribution in [3.8, 4) is 0 Å². The summed E-state index contributed by atoms with van der Waals surface area (Å²) in [5.41, 5.74) is 0.0205. The van der Waals surface area contributed by atoms with Crippen LogP contribution in [-0.4, -0.2) is 23.7 Å². The van der Waals surface area contributed by atoms with Gasteiger partial charge in [0.1, 0.15) is 5.82 Å². The van der Waals surface area contributed by atoms with Gasteiger partial charge in [-0.15, -0.1) is 0 Å². The van der Waals surface area contributed by atoms with Crippen molar-refractivity contribution in [1.82, 2.24) is 10.3 Å². The molecule has 1 rings (SSSR count). The van der Waals surface area contributed by atoms with Crippen molar-refractivity contribution >= 4 is 0 Å². The molecule has 1 aromatic heterocycles. The number of aliphatic hydroxyl groups excluding tert-OH is 1. The molecule has 1 aromatic rings. The van der Waals surface area contributed by atoms with Gasteiger partial charge in [-0.1, -0.05) is 0 Å². The van der Waals surface area contributed by atoms with Crippen LogP contribution in [0.2, 0.25) is 0 Å². The molecule has 0 amide bonds. The first-order valence-corrected chi connectivity index (χ1v) is 4.04. The van der Waals surface area contributed by atoms with Crippen LogP contribution in [0.25, 0.3) is 0 Å². The number of likely N-dealkylation sites (N-methyl/N-ethyl adjacent to an activating group) is 1. The molecule has 0 saturated heterocycles. The molecular weight excluding hydrogens is 171 g/mol. The minimum Gasteiger partial charge on any atom is -0.394 e. The zero-order chi connectivity index (χ0) is 9.90. The van der Waals surface area contributed by atoms with E-state index < -0.39 is 5.54 Å². The molecular formula is C9H13FN2O. The molecule has 0 spiro atoms. The van der Waals surface area contributed by atoms with Gasteiger partial charge in [0, 0.05) is 0 Å². The minimum absolute atomic E-state index is 0.0812. The molecule has 0 aromatic carbocycles. The second-order valence-corrected chi connectivity index (χ2v) is 3.10. The van der Waals surface area contributed by atoms with Gasteiger partial charge in [0.25, 0.3) is 0 Å². The van der Waals surface area contributed by atoms with Gasteiger partial charge < -0.3 is 10.4 Å². The van der Waals surface area contributed by atoms with Crippen LogP contribution < -0.4 is 5.32 Å². The first-order chi connectivity index (χ1) is 6.12. The molecule has 0 aliphatic rings. The summed E-state index contributed by atoms with van der Waals surface area (Å²) < 4.78 is 12.5. The van der Waals surface area contributed by atoms with Gasteiger partial charge in [0.2, 0.25) is 0 Å². The third kappa shape index (κ3) is 2.02. The standard InChI is InChI=1S/C9H13FN2O/c1-9(6-13,11-2)8-4-3-7(10)5-12-8/h3-5,11,13H,6H2,1-2H3. The highest BCUT2D eigenvalue weighted by atomic mass is 19.1. The van der Waals surface area contributed by atoms with Crippen molar-refractivity contribution in [2.75, 3.05) is 13.7 Å². The van der Waals surface area contributed by atoms with E-state index in [2.05, 4.69) is 10.3 Å². The first-order valence-electron chi connectivity index (χ1n) is 4.04. The lowest BCUT2D eigenvalue weighted by molar-refractivity contribution is 0.180. The van der Waals surface area contributed by atoms with E-state index in [0.29, 0.717) is 5.69 Å². The van der Waals surface area contributed by atoms with Gasteiger partial charge in [0.15, 0.2) is 0 Å². The molecule has 0 aliphatic heterocycles. The maximum absolute atomic E-state index is 12.5. The van der Waals surface area contributed by atoms with E-state index in [-0.39, 0.29) is 12.4 Å². The van der Waals surface area contributed by atoms with E-state index >= 15 is 0 Å². The molecule has 3 nitrogen and oxygen atoms in total. The van der Waals surface area contributed by atoms with Crippen LogP contribution in [0.5, 0.6) is 0 Å². The van der Waals surface area contributed by atoms with Gasteiger partial charge in [-0.3, -0.25) is 4.98 Å². The summed E-state index contributed by atoms with van der Waals surface area (Å²) in [6.07, 6.45) is 1.14. The predicted molar refractivity (Wildman–Crippen MR) is 47.7 cm³/mol. The van der Waals surface area contributed by atoms with Crippen LogP contribution in [0.3, 0.4) is 0 Å². The van der Waals surface area contributed by atoms with Crippen LogP contribution in [0, 0.1) is 5.82 Å². The zero-order valence-electron chi connectivity index (χ0n) is 7.71. The monoisotopic (exact) mass is 184 g/mol. The molecule has 72 valence electrons. The van der Waals surface area contributed by atoms with E-state index in [0.717, 1.165) is 6.20 Å². The molecule has 1 unspecified atom stereocenters. The maximum Gasteiger partial charge on any atom is 0.141 e. The second kappa shape index (κ2) is 3.81. The van der Waals surface area contributed by atoms with E-state index in [9.17, 15) is 4.39 Å². The summed E-state index contributed by atoms with van der Waals surface area (Å²) in [6, 6.07) is 2.88. The van der Waals surface area contributed by atoms with E-state index in [1.54, 1.807) is 20.0 Å². The fourth-order valence-electron chi connectivity index (χ4n) is 0.990. The molecule has 13 heavy (non-hydrogen) atoms. The fraction of sp³-hybridized carbons (Fsp3) is 0.444. The SMILES string of the molecule is CNC(C)(CO)c1ccc(F)cn1. The number of nitrogens with one attached hydrogen (secondary N) is 1. The van der Waals surface area contributed by atoms with Crippen LogP contribution in [0.1, 0.15) is 12.6 Å². The zero-order valence-corrected chi connectivity index (χ0v) is 7.71. The number of pyridine rings is 1. The number of halogens is 1. The quantitative estimate of drug-likeness (QED) is 0.725. The third-order valence-electron chi connectivity index (χ3n) is 2.16. The molecule has 0 radical (unpaired) electrons. The highest BCUT2D eigenvalue weighted by Crippen LogP contribution is 2.16. The fourth-order valence-corrected chi connectivity index (χ4v) is 0.990. The molecule has 0 aliphatic carbocycles. The minimum atomic E-state index is -0.603. The number of aromatic nitrogens is 1. The van der Waals surface area contributed by atoms with Crippen LogP contribution >= 0.6 is 0 Å². The van der Waals surface area contributed by atoms with E-state index in [1.807, 2.05) is 0 Å². The number of rotatable bonds is 3. The Labute approximate surface area is 76.6 Å². The molecule has 0 fully saturated rings. The predicted octanol–water partition coefficient (Wildman–Crippen LogP) is 0.648. The Morgan fingerprint density at radius 3 is 2.69 bits per heavy atom. The van der Waals surface area contributed by atoms with E-state index in [1.165, 1.54) is 6.07 Å². The van der Waals surface area contributed by atoms with Gasteiger partial charge in [-0.05, 0) is 26.1 Å². The highest BCUT2D eigenvalue weighted by Gasteiger charge is 2.24. The lowest BCUT2D eigenvalue weighted by atomic mass is 9.99. The third-order valence-corrected chi connectivity index (χ3v) is 2.16. The average Bonchev–Trinajstić information content (AvgIpc) is 2.18. The Hall–Kier alpha value is -1.00. The Morgan fingerprint density at radius 1 is 1.62 bits per heavy atom. The summed E-state index contributed by atoms with van der Waals surface area (Å²) >= 11 is 0. The molecule has 1 heterocycles. The lowest BCUT2D eigenvalue weighted by Crippen LogP contribution is -2.41. The van der Waals surface area contributed by atoms with Gasteiger partial charge >= 0.3 is 0 Å². The van der Waals surface area contributed by atoms with Crippen molar-refractivity contribution < 1.29 is 9.50 Å². The molecule has 0 bridgehead atoms. The van der Waals surface area contributed by atoms with E-state index in [4.69, 9.17) is 5.11 Å². The largest absolute Gasteiger partial charge is 0.394 e. The molecule has 0 saturated carbocycles. The Balaban J connectivity index is 2.99. The topological polar surface area (TPSA) is 45.1 Å². The van der Waals surface area contributed by atoms with Gasteiger partial charge in [0.05, 0.1) is 24.0 Å². The van der Waals surface area contributed by atoms with Crippen LogP contribution in [0.15, 0.2) is 18.3 Å². The second-order valence-electron chi connectivity index (χ2n) is 3.10. The van der Waals surface area contributed by atoms with Crippen molar-refractivity contribution in [2.24, 2.45) is 0 Å². The van der Waals surface area contributed by atoms with Crippen molar-refractivity contribution in [3.63, 3.8) is 0 Å². The first kappa shape index (κ1) is 10.1. The van der Waals surface area contributed by atoms with Gasteiger partial charge in [-0.25, -0.2) is 4.39 Å². The van der Waals surface area contributed by atoms with Crippen molar-refractivity contribution in [3.05, 3.63) is 29.8 Å². The van der Waals surface area contributed by atoms with Crippen LogP contribution in [-0.2, 0) is 5.54 Å². The molecule has 1 atom stereocenters. The summed E-state index contributed by atoms with van der Waals surface area (Å²) in [4.78, 5) is 3.89. The van der Waals surface area contributed by atoms with Crippen molar-refractivity contribution in [2.45, 2.75) is 12.5 Å². The number of hydrogen-bond donors (Lipinski definition) is 2. The summed E-state index contributed by atoms with van der Waals surface area (Å²) in [7, 11) is 1.72. The highest BCUT2D eigenvalue weighted by molar-refractivity contribution is 5.15. The van der Waals surface area contributed by atoms with Crippen LogP contribution in [0.4, 0.5) is 4.39 Å². The Bertz CT molecular complexity index is 269. The molecule has 4 heteroatoms.